The summed E-state index contributed by atoms with van der Waals surface area (Å²) in [4.78, 5) is 30.1. The van der Waals surface area contributed by atoms with Gasteiger partial charge in [-0.05, 0) is 38.1 Å². The van der Waals surface area contributed by atoms with Gasteiger partial charge in [-0.15, -0.1) is 0 Å². The number of carbonyl (C=O) groups is 2. The van der Waals surface area contributed by atoms with E-state index >= 15 is 0 Å². The Kier molecular flexibility index (Phi) is 5.14. The van der Waals surface area contributed by atoms with Gasteiger partial charge in [0.1, 0.15) is 11.0 Å². The van der Waals surface area contributed by atoms with Crippen LogP contribution in [0.25, 0.3) is 0 Å². The third kappa shape index (κ3) is 4.15. The van der Waals surface area contributed by atoms with E-state index in [0.29, 0.717) is 11.4 Å². The van der Waals surface area contributed by atoms with Crippen LogP contribution in [0.15, 0.2) is 12.1 Å². The van der Waals surface area contributed by atoms with Crippen LogP contribution in [0.1, 0.15) is 23.2 Å². The molecule has 1 fully saturated rings. The Hall–Kier alpha value is -1.66. The predicted octanol–water partition coefficient (Wildman–Crippen LogP) is 1.06. The number of anilines is 1. The van der Waals surface area contributed by atoms with Gasteiger partial charge in [0.05, 0.1) is 0 Å². The number of nitrogens with one attached hydrogen (secondary N) is 2. The number of piperidine rings is 1. The van der Waals surface area contributed by atoms with Crippen molar-refractivity contribution in [1.82, 2.24) is 15.6 Å². The number of carbonyl (C=O) groups excluding carboxylic acids is 2. The van der Waals surface area contributed by atoms with Gasteiger partial charge in [-0.2, -0.15) is 0 Å². The maximum absolute atomic E-state index is 12.2. The molecule has 2 heterocycles. The van der Waals surface area contributed by atoms with Gasteiger partial charge in [0.15, 0.2) is 0 Å². The number of nitrogens with zero attached hydrogens (tertiary/aromatic N) is 2. The topological polar surface area (TPSA) is 74.3 Å². The summed E-state index contributed by atoms with van der Waals surface area (Å²) in [6, 6.07) is 3.07. The van der Waals surface area contributed by atoms with Gasteiger partial charge in [0.2, 0.25) is 5.91 Å². The highest BCUT2D eigenvalue weighted by Gasteiger charge is 2.23. The number of halogens is 1. The second-order valence-corrected chi connectivity index (χ2v) is 5.66. The van der Waals surface area contributed by atoms with Crippen LogP contribution < -0.4 is 15.5 Å². The minimum atomic E-state index is -0.439. The third-order valence-corrected chi connectivity index (χ3v) is 3.64. The van der Waals surface area contributed by atoms with Gasteiger partial charge in [0, 0.05) is 25.6 Å². The van der Waals surface area contributed by atoms with Crippen LogP contribution in [0.4, 0.5) is 5.82 Å². The lowest BCUT2D eigenvalue weighted by Crippen LogP contribution is -2.40. The fraction of sp³-hybridized carbons (Fsp3) is 0.500. The SMILES string of the molecule is CN(C)c1cc(C(=O)NC(=O)C2CCNCC2)cc(Cl)n1. The average Bonchev–Trinajstić information content (AvgIpc) is 2.47. The van der Waals surface area contributed by atoms with E-state index < -0.39 is 5.91 Å². The number of pyridine rings is 1. The van der Waals surface area contributed by atoms with Crippen LogP contribution in [0.2, 0.25) is 5.15 Å². The van der Waals surface area contributed by atoms with Crippen LogP contribution in [0, 0.1) is 5.92 Å². The van der Waals surface area contributed by atoms with E-state index in [9.17, 15) is 9.59 Å². The average molecular weight is 311 g/mol. The predicted molar refractivity (Wildman–Crippen MR) is 81.6 cm³/mol. The van der Waals surface area contributed by atoms with Crippen molar-refractivity contribution in [3.63, 3.8) is 0 Å². The zero-order valence-corrected chi connectivity index (χ0v) is 12.9. The maximum atomic E-state index is 12.2. The number of rotatable bonds is 3. The Balaban J connectivity index is 2.07. The highest BCUT2D eigenvalue weighted by atomic mass is 35.5. The van der Waals surface area contributed by atoms with E-state index in [0.717, 1.165) is 25.9 Å². The standard InChI is InChI=1S/C14H19ClN4O2/c1-19(2)12-8-10(7-11(15)17-12)14(21)18-13(20)9-3-5-16-6-4-9/h7-9,16H,3-6H2,1-2H3,(H,18,20,21). The van der Waals surface area contributed by atoms with Gasteiger partial charge in [0.25, 0.3) is 5.91 Å². The molecule has 21 heavy (non-hydrogen) atoms. The number of aromatic nitrogens is 1. The largest absolute Gasteiger partial charge is 0.363 e. The summed E-state index contributed by atoms with van der Waals surface area (Å²) in [5.41, 5.74) is 0.334. The molecule has 2 rings (SSSR count). The first-order chi connectivity index (χ1) is 9.97. The van der Waals surface area contributed by atoms with E-state index in [-0.39, 0.29) is 17.0 Å². The molecule has 0 atom stereocenters. The summed E-state index contributed by atoms with van der Waals surface area (Å²) in [6.07, 6.45) is 1.50. The monoisotopic (exact) mass is 310 g/mol. The molecule has 114 valence electrons. The molecule has 1 aliphatic heterocycles. The lowest BCUT2D eigenvalue weighted by atomic mass is 9.97. The Morgan fingerprint density at radius 1 is 1.33 bits per heavy atom. The fourth-order valence-corrected chi connectivity index (χ4v) is 2.42. The van der Waals surface area contributed by atoms with E-state index in [1.54, 1.807) is 25.1 Å². The van der Waals surface area contributed by atoms with Crippen molar-refractivity contribution in [3.05, 3.63) is 22.8 Å². The van der Waals surface area contributed by atoms with Gasteiger partial charge < -0.3 is 10.2 Å². The van der Waals surface area contributed by atoms with E-state index in [4.69, 9.17) is 11.6 Å². The van der Waals surface area contributed by atoms with Crippen molar-refractivity contribution in [3.8, 4) is 0 Å². The summed E-state index contributed by atoms with van der Waals surface area (Å²) in [7, 11) is 3.61. The molecule has 0 unspecified atom stereocenters. The Labute approximate surface area is 128 Å². The Bertz CT molecular complexity index is 542. The van der Waals surface area contributed by atoms with Crippen LogP contribution >= 0.6 is 11.6 Å². The molecule has 6 nitrogen and oxygen atoms in total. The quantitative estimate of drug-likeness (QED) is 0.645. The fourth-order valence-electron chi connectivity index (χ4n) is 2.21. The van der Waals surface area contributed by atoms with Crippen molar-refractivity contribution in [2.24, 2.45) is 5.92 Å². The molecule has 1 saturated heterocycles. The van der Waals surface area contributed by atoms with Gasteiger partial charge in [-0.25, -0.2) is 4.98 Å². The molecule has 0 spiro atoms. The number of amides is 2. The number of hydrogen-bond donors (Lipinski definition) is 2. The molecule has 1 aliphatic rings. The minimum Gasteiger partial charge on any atom is -0.363 e. The molecule has 0 radical (unpaired) electrons. The first kappa shape index (κ1) is 15.7. The second kappa shape index (κ2) is 6.87. The molecule has 1 aromatic heterocycles. The van der Waals surface area contributed by atoms with Gasteiger partial charge in [-0.1, -0.05) is 11.6 Å². The summed E-state index contributed by atoms with van der Waals surface area (Å²) in [5, 5.41) is 5.86. The van der Waals surface area contributed by atoms with Crippen molar-refractivity contribution < 1.29 is 9.59 Å². The summed E-state index contributed by atoms with van der Waals surface area (Å²) >= 11 is 5.91. The van der Waals surface area contributed by atoms with Crippen LogP contribution in [0.3, 0.4) is 0 Å². The second-order valence-electron chi connectivity index (χ2n) is 5.27. The van der Waals surface area contributed by atoms with E-state index in [2.05, 4.69) is 15.6 Å². The molecule has 0 saturated carbocycles. The van der Waals surface area contributed by atoms with Crippen molar-refractivity contribution >= 4 is 29.2 Å². The molecule has 2 amide bonds. The van der Waals surface area contributed by atoms with Crippen molar-refractivity contribution in [1.29, 1.82) is 0 Å². The normalized spacial score (nSPS) is 15.6. The summed E-state index contributed by atoms with van der Waals surface area (Å²) < 4.78 is 0. The number of hydrogen-bond acceptors (Lipinski definition) is 5. The third-order valence-electron chi connectivity index (χ3n) is 3.45. The minimum absolute atomic E-state index is 0.110. The van der Waals surface area contributed by atoms with Crippen LogP contribution in [-0.2, 0) is 4.79 Å². The number of imide groups is 1. The Morgan fingerprint density at radius 3 is 2.62 bits per heavy atom. The zero-order chi connectivity index (χ0) is 15.4. The molecule has 0 aliphatic carbocycles. The molecule has 0 bridgehead atoms. The van der Waals surface area contributed by atoms with Gasteiger partial charge in [-0.3, -0.25) is 14.9 Å². The summed E-state index contributed by atoms with van der Waals surface area (Å²) in [5.74, 6) is -0.199. The van der Waals surface area contributed by atoms with Crippen LogP contribution in [0.5, 0.6) is 0 Å². The first-order valence-electron chi connectivity index (χ1n) is 6.88. The van der Waals surface area contributed by atoms with Crippen LogP contribution in [-0.4, -0.2) is 44.0 Å². The first-order valence-corrected chi connectivity index (χ1v) is 7.26. The molecule has 1 aromatic rings. The lowest BCUT2D eigenvalue weighted by molar-refractivity contribution is -0.124. The van der Waals surface area contributed by atoms with E-state index in [1.807, 2.05) is 0 Å². The molecular weight excluding hydrogens is 292 g/mol. The lowest BCUT2D eigenvalue weighted by Gasteiger charge is -2.21. The molecule has 2 N–H and O–H groups in total. The van der Waals surface area contributed by atoms with E-state index in [1.165, 1.54) is 6.07 Å². The highest BCUT2D eigenvalue weighted by Crippen LogP contribution is 2.17. The zero-order valence-electron chi connectivity index (χ0n) is 12.1. The maximum Gasteiger partial charge on any atom is 0.258 e. The summed E-state index contributed by atoms with van der Waals surface area (Å²) in [6.45, 7) is 1.61. The molecule has 0 aromatic carbocycles. The smallest absolute Gasteiger partial charge is 0.258 e. The highest BCUT2D eigenvalue weighted by molar-refractivity contribution is 6.30. The van der Waals surface area contributed by atoms with Gasteiger partial charge >= 0.3 is 0 Å². The van der Waals surface area contributed by atoms with Crippen molar-refractivity contribution in [2.45, 2.75) is 12.8 Å². The molecule has 7 heteroatoms. The van der Waals surface area contributed by atoms with Crippen molar-refractivity contribution in [2.75, 3.05) is 32.1 Å². The molecular formula is C14H19ClN4O2. The Morgan fingerprint density at radius 2 is 2.00 bits per heavy atom.